The molecule has 1 aliphatic rings. The zero-order valence-corrected chi connectivity index (χ0v) is 12.6. The highest BCUT2D eigenvalue weighted by molar-refractivity contribution is 5.95. The summed E-state index contributed by atoms with van der Waals surface area (Å²) < 4.78 is 0. The van der Waals surface area contributed by atoms with Gasteiger partial charge in [0.25, 0.3) is 0 Å². The van der Waals surface area contributed by atoms with Gasteiger partial charge in [-0.25, -0.2) is 0 Å². The maximum atomic E-state index is 12.0. The van der Waals surface area contributed by atoms with Crippen molar-refractivity contribution in [2.45, 2.75) is 27.2 Å². The van der Waals surface area contributed by atoms with Crippen LogP contribution in [0.5, 0.6) is 0 Å². The minimum absolute atomic E-state index is 0.0774. The fourth-order valence-corrected chi connectivity index (χ4v) is 2.32. The summed E-state index contributed by atoms with van der Waals surface area (Å²) in [6.07, 6.45) is 0.946. The van der Waals surface area contributed by atoms with Crippen LogP contribution in [0.4, 0.5) is 5.69 Å². The second-order valence-electron chi connectivity index (χ2n) is 5.81. The molecular formula is C16H22N2O2. The summed E-state index contributed by atoms with van der Waals surface area (Å²) in [5.74, 6) is 0.511. The average Bonchev–Trinajstić information content (AvgIpc) is 3.11. The first-order valence-corrected chi connectivity index (χ1v) is 7.01. The largest absolute Gasteiger partial charge is 0.336 e. The standard InChI is InChI=1S/C16H22N2O2/c1-10-6-5-7-14(12(10)3)17-15(19)9-18(4)16(20)13-8-11(13)2/h5-7,11,13H,8-9H2,1-4H3,(H,17,19)/t11-,13+/m1/s1. The van der Waals surface area contributed by atoms with E-state index in [2.05, 4.69) is 12.2 Å². The molecule has 1 saturated carbocycles. The number of likely N-dealkylation sites (N-methyl/N-ethyl adjacent to an activating group) is 1. The number of nitrogens with one attached hydrogen (secondary N) is 1. The van der Waals surface area contributed by atoms with Crippen molar-refractivity contribution in [2.75, 3.05) is 18.9 Å². The summed E-state index contributed by atoms with van der Waals surface area (Å²) in [7, 11) is 1.69. The van der Waals surface area contributed by atoms with Gasteiger partial charge in [-0.1, -0.05) is 19.1 Å². The van der Waals surface area contributed by atoms with E-state index in [-0.39, 0.29) is 24.3 Å². The average molecular weight is 274 g/mol. The molecule has 0 radical (unpaired) electrons. The molecule has 1 aromatic carbocycles. The van der Waals surface area contributed by atoms with Crippen molar-refractivity contribution < 1.29 is 9.59 Å². The quantitative estimate of drug-likeness (QED) is 0.916. The van der Waals surface area contributed by atoms with Gasteiger partial charge in [0.15, 0.2) is 0 Å². The third-order valence-corrected chi connectivity index (χ3v) is 4.06. The zero-order valence-electron chi connectivity index (χ0n) is 12.6. The topological polar surface area (TPSA) is 49.4 Å². The molecule has 0 saturated heterocycles. The predicted octanol–water partition coefficient (Wildman–Crippen LogP) is 2.36. The van der Waals surface area contributed by atoms with Crippen LogP contribution in [0.2, 0.25) is 0 Å². The molecule has 0 aromatic heterocycles. The molecule has 2 amide bonds. The second kappa shape index (κ2) is 5.65. The Morgan fingerprint density at radius 1 is 1.35 bits per heavy atom. The number of anilines is 1. The first kappa shape index (κ1) is 14.6. The molecule has 2 rings (SSSR count). The van der Waals surface area contributed by atoms with Gasteiger partial charge >= 0.3 is 0 Å². The third kappa shape index (κ3) is 3.18. The molecule has 4 heteroatoms. The Balaban J connectivity index is 1.92. The normalized spacial score (nSPS) is 20.4. The Bertz CT molecular complexity index is 539. The molecule has 0 spiro atoms. The molecule has 4 nitrogen and oxygen atoms in total. The molecule has 0 unspecified atom stereocenters. The Hall–Kier alpha value is -1.84. The SMILES string of the molecule is Cc1cccc(NC(=O)CN(C)C(=O)[C@H]2C[C@H]2C)c1C. The molecular weight excluding hydrogens is 252 g/mol. The van der Waals surface area contributed by atoms with E-state index >= 15 is 0 Å². The van der Waals surface area contributed by atoms with E-state index < -0.39 is 0 Å². The summed E-state index contributed by atoms with van der Waals surface area (Å²) in [5.41, 5.74) is 3.01. The van der Waals surface area contributed by atoms with Gasteiger partial charge in [0, 0.05) is 18.7 Å². The Morgan fingerprint density at radius 3 is 2.60 bits per heavy atom. The van der Waals surface area contributed by atoms with Crippen molar-refractivity contribution in [3.8, 4) is 0 Å². The fourth-order valence-electron chi connectivity index (χ4n) is 2.32. The van der Waals surface area contributed by atoms with Gasteiger partial charge in [0.2, 0.25) is 11.8 Å². The highest BCUT2D eigenvalue weighted by Crippen LogP contribution is 2.38. The van der Waals surface area contributed by atoms with E-state index in [1.54, 1.807) is 7.05 Å². The van der Waals surface area contributed by atoms with Crippen LogP contribution in [0.25, 0.3) is 0 Å². The number of benzene rings is 1. The van der Waals surface area contributed by atoms with E-state index in [4.69, 9.17) is 0 Å². The number of rotatable bonds is 4. The Kier molecular flexibility index (Phi) is 4.12. The summed E-state index contributed by atoms with van der Waals surface area (Å²) in [4.78, 5) is 25.5. The Labute approximate surface area is 120 Å². The zero-order chi connectivity index (χ0) is 14.9. The van der Waals surface area contributed by atoms with E-state index in [0.717, 1.165) is 23.2 Å². The van der Waals surface area contributed by atoms with Gasteiger partial charge in [-0.2, -0.15) is 0 Å². The van der Waals surface area contributed by atoms with Gasteiger partial charge in [-0.15, -0.1) is 0 Å². The van der Waals surface area contributed by atoms with Gasteiger partial charge in [0.05, 0.1) is 6.54 Å². The molecule has 1 aromatic rings. The maximum Gasteiger partial charge on any atom is 0.243 e. The molecule has 1 aliphatic carbocycles. The van der Waals surface area contributed by atoms with Crippen molar-refractivity contribution in [2.24, 2.45) is 11.8 Å². The van der Waals surface area contributed by atoms with Crippen LogP contribution in [-0.2, 0) is 9.59 Å². The van der Waals surface area contributed by atoms with E-state index in [0.29, 0.717) is 5.92 Å². The van der Waals surface area contributed by atoms with Gasteiger partial charge in [-0.05, 0) is 43.4 Å². The molecule has 1 N–H and O–H groups in total. The molecule has 2 atom stereocenters. The van der Waals surface area contributed by atoms with Crippen molar-refractivity contribution in [1.82, 2.24) is 4.90 Å². The summed E-state index contributed by atoms with van der Waals surface area (Å²) >= 11 is 0. The molecule has 0 heterocycles. The monoisotopic (exact) mass is 274 g/mol. The van der Waals surface area contributed by atoms with Crippen LogP contribution in [0.3, 0.4) is 0 Å². The number of carbonyl (C=O) groups excluding carboxylic acids is 2. The number of nitrogens with zero attached hydrogens (tertiary/aromatic N) is 1. The lowest BCUT2D eigenvalue weighted by molar-refractivity contribution is -0.134. The molecule has 0 aliphatic heterocycles. The lowest BCUT2D eigenvalue weighted by atomic mass is 10.1. The first-order chi connectivity index (χ1) is 9.40. The molecule has 1 fully saturated rings. The van der Waals surface area contributed by atoms with Crippen molar-refractivity contribution in [3.63, 3.8) is 0 Å². The van der Waals surface area contributed by atoms with Gasteiger partial charge in [-0.3, -0.25) is 9.59 Å². The lowest BCUT2D eigenvalue weighted by Crippen LogP contribution is -2.36. The van der Waals surface area contributed by atoms with Crippen molar-refractivity contribution in [3.05, 3.63) is 29.3 Å². The molecule has 0 bridgehead atoms. The molecule has 108 valence electrons. The molecule has 20 heavy (non-hydrogen) atoms. The number of carbonyl (C=O) groups is 2. The summed E-state index contributed by atoms with van der Waals surface area (Å²) in [5, 5.41) is 2.87. The number of amides is 2. The minimum Gasteiger partial charge on any atom is -0.336 e. The number of hydrogen-bond acceptors (Lipinski definition) is 2. The van der Waals surface area contributed by atoms with E-state index in [1.165, 1.54) is 4.90 Å². The van der Waals surface area contributed by atoms with E-state index in [1.807, 2.05) is 32.0 Å². The van der Waals surface area contributed by atoms with Gasteiger partial charge < -0.3 is 10.2 Å². The van der Waals surface area contributed by atoms with Crippen LogP contribution in [0.1, 0.15) is 24.5 Å². The number of aryl methyl sites for hydroxylation is 1. The first-order valence-electron chi connectivity index (χ1n) is 7.01. The highest BCUT2D eigenvalue weighted by atomic mass is 16.2. The van der Waals surface area contributed by atoms with Crippen LogP contribution in [-0.4, -0.2) is 30.3 Å². The fraction of sp³-hybridized carbons (Fsp3) is 0.500. The van der Waals surface area contributed by atoms with Crippen LogP contribution >= 0.6 is 0 Å². The minimum atomic E-state index is -0.150. The van der Waals surface area contributed by atoms with Crippen molar-refractivity contribution in [1.29, 1.82) is 0 Å². The van der Waals surface area contributed by atoms with Crippen molar-refractivity contribution >= 4 is 17.5 Å². The highest BCUT2D eigenvalue weighted by Gasteiger charge is 2.40. The van der Waals surface area contributed by atoms with Gasteiger partial charge in [0.1, 0.15) is 0 Å². The number of hydrogen-bond donors (Lipinski definition) is 1. The predicted molar refractivity (Wildman–Crippen MR) is 79.5 cm³/mol. The second-order valence-corrected chi connectivity index (χ2v) is 5.81. The smallest absolute Gasteiger partial charge is 0.243 e. The summed E-state index contributed by atoms with van der Waals surface area (Å²) in [6.45, 7) is 6.16. The lowest BCUT2D eigenvalue weighted by Gasteiger charge is -2.17. The van der Waals surface area contributed by atoms with E-state index in [9.17, 15) is 9.59 Å². The Morgan fingerprint density at radius 2 is 2.00 bits per heavy atom. The van der Waals surface area contributed by atoms with Crippen LogP contribution in [0, 0.1) is 25.7 Å². The maximum absolute atomic E-state index is 12.0. The van der Waals surface area contributed by atoms with Crippen LogP contribution in [0.15, 0.2) is 18.2 Å². The van der Waals surface area contributed by atoms with Crippen LogP contribution < -0.4 is 5.32 Å². The summed E-state index contributed by atoms with van der Waals surface area (Å²) in [6, 6.07) is 5.80. The third-order valence-electron chi connectivity index (χ3n) is 4.06.